The lowest BCUT2D eigenvalue weighted by molar-refractivity contribution is 0.589. The number of likely N-dealkylation sites (N-methyl/N-ethyl adjacent to an activating group) is 1. The third kappa shape index (κ3) is 3.31. The standard InChI is InChI=1S/C14H14BrClN2/c1-17-14(8-10-4-6-18-7-5-10)12-9-11(16)2-3-13(12)15/h2-7,9,14,17H,8H2,1H3. The molecule has 1 atom stereocenters. The van der Waals surface area contributed by atoms with Crippen molar-refractivity contribution >= 4 is 27.5 Å². The molecule has 0 spiro atoms. The van der Waals surface area contributed by atoms with E-state index in [2.05, 4.69) is 26.2 Å². The zero-order valence-electron chi connectivity index (χ0n) is 10.0. The van der Waals surface area contributed by atoms with Crippen LogP contribution in [0, 0.1) is 0 Å². The van der Waals surface area contributed by atoms with E-state index < -0.39 is 0 Å². The number of hydrogen-bond donors (Lipinski definition) is 1. The lowest BCUT2D eigenvalue weighted by Gasteiger charge is -2.18. The topological polar surface area (TPSA) is 24.9 Å². The van der Waals surface area contributed by atoms with E-state index in [0.717, 1.165) is 15.9 Å². The molecule has 18 heavy (non-hydrogen) atoms. The number of hydrogen-bond acceptors (Lipinski definition) is 2. The average molecular weight is 326 g/mol. The Morgan fingerprint density at radius 2 is 2.00 bits per heavy atom. The fraction of sp³-hybridized carbons (Fsp3) is 0.214. The zero-order valence-corrected chi connectivity index (χ0v) is 12.4. The first-order valence-electron chi connectivity index (χ1n) is 5.72. The third-order valence-electron chi connectivity index (χ3n) is 2.87. The van der Waals surface area contributed by atoms with Crippen molar-refractivity contribution < 1.29 is 0 Å². The van der Waals surface area contributed by atoms with E-state index in [4.69, 9.17) is 11.6 Å². The number of aromatic nitrogens is 1. The van der Waals surface area contributed by atoms with E-state index in [1.54, 1.807) is 0 Å². The number of nitrogens with zero attached hydrogens (tertiary/aromatic N) is 1. The van der Waals surface area contributed by atoms with Gasteiger partial charge in [0.2, 0.25) is 0 Å². The van der Waals surface area contributed by atoms with Crippen molar-refractivity contribution in [3.8, 4) is 0 Å². The highest BCUT2D eigenvalue weighted by atomic mass is 79.9. The summed E-state index contributed by atoms with van der Waals surface area (Å²) in [6, 6.07) is 10.1. The molecule has 0 aliphatic carbocycles. The molecule has 0 fully saturated rings. The van der Waals surface area contributed by atoms with Gasteiger partial charge in [-0.25, -0.2) is 0 Å². The number of nitrogens with one attached hydrogen (secondary N) is 1. The first-order chi connectivity index (χ1) is 8.70. The van der Waals surface area contributed by atoms with Gasteiger partial charge in [-0.05, 0) is 54.9 Å². The number of benzene rings is 1. The molecule has 0 saturated carbocycles. The minimum absolute atomic E-state index is 0.223. The van der Waals surface area contributed by atoms with Crippen LogP contribution in [-0.4, -0.2) is 12.0 Å². The highest BCUT2D eigenvalue weighted by Gasteiger charge is 2.13. The van der Waals surface area contributed by atoms with Crippen LogP contribution < -0.4 is 5.32 Å². The number of halogens is 2. The van der Waals surface area contributed by atoms with Crippen LogP contribution in [-0.2, 0) is 6.42 Å². The van der Waals surface area contributed by atoms with Gasteiger partial charge in [-0.15, -0.1) is 0 Å². The summed E-state index contributed by atoms with van der Waals surface area (Å²) in [6.45, 7) is 0. The predicted molar refractivity (Wildman–Crippen MR) is 78.9 cm³/mol. The predicted octanol–water partition coefficient (Wildman–Crippen LogP) is 4.00. The molecule has 0 radical (unpaired) electrons. The van der Waals surface area contributed by atoms with Crippen molar-refractivity contribution in [3.63, 3.8) is 0 Å². The smallest absolute Gasteiger partial charge is 0.0410 e. The first kappa shape index (κ1) is 13.5. The molecule has 1 unspecified atom stereocenters. The molecule has 0 bridgehead atoms. The molecule has 94 valence electrons. The summed E-state index contributed by atoms with van der Waals surface area (Å²) in [5, 5.41) is 4.08. The molecule has 0 saturated heterocycles. The molecule has 2 nitrogen and oxygen atoms in total. The molecule has 0 amide bonds. The summed E-state index contributed by atoms with van der Waals surface area (Å²) in [5.74, 6) is 0. The summed E-state index contributed by atoms with van der Waals surface area (Å²) >= 11 is 9.64. The van der Waals surface area contributed by atoms with Crippen LogP contribution in [0.15, 0.2) is 47.2 Å². The van der Waals surface area contributed by atoms with Crippen molar-refractivity contribution in [3.05, 3.63) is 63.3 Å². The monoisotopic (exact) mass is 324 g/mol. The van der Waals surface area contributed by atoms with Crippen LogP contribution in [0.25, 0.3) is 0 Å². The average Bonchev–Trinajstić information content (AvgIpc) is 2.40. The molecule has 1 aromatic carbocycles. The molecule has 1 N–H and O–H groups in total. The van der Waals surface area contributed by atoms with Gasteiger partial charge in [0, 0.05) is 27.9 Å². The fourth-order valence-electron chi connectivity index (χ4n) is 1.90. The Hall–Kier alpha value is -0.900. The van der Waals surface area contributed by atoms with Crippen LogP contribution in [0.5, 0.6) is 0 Å². The van der Waals surface area contributed by atoms with Crippen molar-refractivity contribution in [1.29, 1.82) is 0 Å². The van der Waals surface area contributed by atoms with Gasteiger partial charge in [-0.2, -0.15) is 0 Å². The second-order valence-electron chi connectivity index (χ2n) is 4.07. The van der Waals surface area contributed by atoms with E-state index in [-0.39, 0.29) is 6.04 Å². The van der Waals surface area contributed by atoms with Crippen molar-refractivity contribution in [1.82, 2.24) is 10.3 Å². The van der Waals surface area contributed by atoms with Gasteiger partial charge in [-0.3, -0.25) is 4.98 Å². The molecule has 1 aromatic heterocycles. The van der Waals surface area contributed by atoms with E-state index in [1.807, 2.05) is 49.8 Å². The second kappa shape index (κ2) is 6.32. The lowest BCUT2D eigenvalue weighted by Crippen LogP contribution is -2.19. The van der Waals surface area contributed by atoms with Gasteiger partial charge in [0.05, 0.1) is 0 Å². The number of rotatable bonds is 4. The van der Waals surface area contributed by atoms with E-state index in [1.165, 1.54) is 11.1 Å². The maximum atomic E-state index is 6.06. The Labute approximate surface area is 121 Å². The van der Waals surface area contributed by atoms with Gasteiger partial charge >= 0.3 is 0 Å². The van der Waals surface area contributed by atoms with Crippen LogP contribution in [0.3, 0.4) is 0 Å². The molecular formula is C14H14BrClN2. The van der Waals surface area contributed by atoms with Crippen LogP contribution in [0.1, 0.15) is 17.2 Å². The summed E-state index contributed by atoms with van der Waals surface area (Å²) in [4.78, 5) is 4.03. The Kier molecular flexibility index (Phi) is 4.75. The highest BCUT2D eigenvalue weighted by molar-refractivity contribution is 9.10. The van der Waals surface area contributed by atoms with E-state index in [9.17, 15) is 0 Å². The van der Waals surface area contributed by atoms with Gasteiger partial charge in [0.15, 0.2) is 0 Å². The minimum Gasteiger partial charge on any atom is -0.313 e. The minimum atomic E-state index is 0.223. The fourth-order valence-corrected chi connectivity index (χ4v) is 2.61. The van der Waals surface area contributed by atoms with E-state index >= 15 is 0 Å². The first-order valence-corrected chi connectivity index (χ1v) is 6.89. The quantitative estimate of drug-likeness (QED) is 0.919. The van der Waals surface area contributed by atoms with Crippen LogP contribution in [0.4, 0.5) is 0 Å². The summed E-state index contributed by atoms with van der Waals surface area (Å²) in [5.41, 5.74) is 2.41. The molecule has 4 heteroatoms. The normalized spacial score (nSPS) is 12.4. The highest BCUT2D eigenvalue weighted by Crippen LogP contribution is 2.28. The lowest BCUT2D eigenvalue weighted by atomic mass is 10.00. The summed E-state index contributed by atoms with van der Waals surface area (Å²) in [6.07, 6.45) is 4.53. The molecule has 2 rings (SSSR count). The molecule has 2 aromatic rings. The summed E-state index contributed by atoms with van der Waals surface area (Å²) in [7, 11) is 1.96. The summed E-state index contributed by atoms with van der Waals surface area (Å²) < 4.78 is 1.07. The third-order valence-corrected chi connectivity index (χ3v) is 3.83. The molecule has 0 aliphatic rings. The Balaban J connectivity index is 2.26. The second-order valence-corrected chi connectivity index (χ2v) is 5.36. The SMILES string of the molecule is CNC(Cc1ccncc1)c1cc(Cl)ccc1Br. The van der Waals surface area contributed by atoms with Crippen molar-refractivity contribution in [2.24, 2.45) is 0 Å². The largest absolute Gasteiger partial charge is 0.313 e. The van der Waals surface area contributed by atoms with Gasteiger partial charge < -0.3 is 5.32 Å². The Bertz CT molecular complexity index is 516. The maximum absolute atomic E-state index is 6.06. The Morgan fingerprint density at radius 1 is 1.28 bits per heavy atom. The number of pyridine rings is 1. The maximum Gasteiger partial charge on any atom is 0.0410 e. The van der Waals surface area contributed by atoms with Gasteiger partial charge in [0.25, 0.3) is 0 Å². The van der Waals surface area contributed by atoms with Gasteiger partial charge in [-0.1, -0.05) is 27.5 Å². The molecular weight excluding hydrogens is 312 g/mol. The Morgan fingerprint density at radius 3 is 2.67 bits per heavy atom. The molecule has 1 heterocycles. The van der Waals surface area contributed by atoms with Gasteiger partial charge in [0.1, 0.15) is 0 Å². The molecule has 0 aliphatic heterocycles. The van der Waals surface area contributed by atoms with E-state index in [0.29, 0.717) is 0 Å². The van der Waals surface area contributed by atoms with Crippen molar-refractivity contribution in [2.45, 2.75) is 12.5 Å². The van der Waals surface area contributed by atoms with Crippen LogP contribution in [0.2, 0.25) is 5.02 Å². The van der Waals surface area contributed by atoms with Crippen molar-refractivity contribution in [2.75, 3.05) is 7.05 Å². The van der Waals surface area contributed by atoms with Crippen LogP contribution >= 0.6 is 27.5 Å². The zero-order chi connectivity index (χ0) is 13.0.